The molecule has 0 spiro atoms. The zero-order valence-electron chi connectivity index (χ0n) is 17.9. The van der Waals surface area contributed by atoms with E-state index in [1.807, 2.05) is 6.07 Å². The molecule has 2 saturated heterocycles. The number of aliphatic carboxylic acids is 1. The van der Waals surface area contributed by atoms with Crippen molar-refractivity contribution >= 4 is 17.7 Å². The molecule has 2 fully saturated rings. The molecule has 0 radical (unpaired) electrons. The predicted molar refractivity (Wildman–Crippen MR) is 123 cm³/mol. The molecule has 166 valence electrons. The summed E-state index contributed by atoms with van der Waals surface area (Å²) < 4.78 is 12.0. The Morgan fingerprint density at radius 2 is 1.90 bits per heavy atom. The molecule has 1 N–H and O–H groups in total. The maximum atomic E-state index is 10.6. The van der Waals surface area contributed by atoms with Crippen molar-refractivity contribution in [1.29, 1.82) is 0 Å². The van der Waals surface area contributed by atoms with Crippen molar-refractivity contribution in [3.63, 3.8) is 0 Å². The van der Waals surface area contributed by atoms with Gasteiger partial charge in [0, 0.05) is 13.0 Å². The van der Waals surface area contributed by atoms with Crippen molar-refractivity contribution in [1.82, 2.24) is 0 Å². The Bertz CT molecular complexity index is 648. The monoisotopic (exact) mass is 432 g/mol. The van der Waals surface area contributed by atoms with E-state index < -0.39 is 5.97 Å². The van der Waals surface area contributed by atoms with Gasteiger partial charge >= 0.3 is 5.97 Å². The van der Waals surface area contributed by atoms with Crippen molar-refractivity contribution < 1.29 is 19.4 Å². The van der Waals surface area contributed by atoms with Gasteiger partial charge in [-0.15, -0.1) is 0 Å². The maximum Gasteiger partial charge on any atom is 0.303 e. The molecule has 30 heavy (non-hydrogen) atoms. The van der Waals surface area contributed by atoms with E-state index in [0.717, 1.165) is 32.3 Å². The van der Waals surface area contributed by atoms with Crippen LogP contribution in [0.1, 0.15) is 56.9 Å². The Morgan fingerprint density at radius 1 is 1.10 bits per heavy atom. The lowest BCUT2D eigenvalue weighted by atomic mass is 9.78. The van der Waals surface area contributed by atoms with E-state index in [-0.39, 0.29) is 6.42 Å². The van der Waals surface area contributed by atoms with Gasteiger partial charge in [-0.3, -0.25) is 4.79 Å². The van der Waals surface area contributed by atoms with E-state index in [4.69, 9.17) is 14.6 Å². The van der Waals surface area contributed by atoms with Crippen LogP contribution in [0.25, 0.3) is 0 Å². The summed E-state index contributed by atoms with van der Waals surface area (Å²) in [7, 11) is 0. The van der Waals surface area contributed by atoms with Crippen LogP contribution in [0.4, 0.5) is 0 Å². The van der Waals surface area contributed by atoms with Gasteiger partial charge in [0.25, 0.3) is 0 Å². The van der Waals surface area contributed by atoms with E-state index in [1.54, 1.807) is 0 Å². The second-order valence-electron chi connectivity index (χ2n) is 8.43. The summed E-state index contributed by atoms with van der Waals surface area (Å²) in [6, 6.07) is 10.4. The fourth-order valence-electron chi connectivity index (χ4n) is 4.56. The molecule has 2 aliphatic rings. The van der Waals surface area contributed by atoms with Gasteiger partial charge in [0.05, 0.1) is 18.8 Å². The summed E-state index contributed by atoms with van der Waals surface area (Å²) in [6.07, 6.45) is 13.0. The first-order valence-electron chi connectivity index (χ1n) is 11.5. The number of carboxylic acids is 1. The van der Waals surface area contributed by atoms with Crippen LogP contribution in [0, 0.1) is 11.8 Å². The number of benzene rings is 1. The Labute approximate surface area is 185 Å². The smallest absolute Gasteiger partial charge is 0.303 e. The molecule has 2 bridgehead atoms. The largest absolute Gasteiger partial charge is 0.481 e. The first kappa shape index (κ1) is 23.4. The van der Waals surface area contributed by atoms with Gasteiger partial charge in [0.15, 0.2) is 0 Å². The van der Waals surface area contributed by atoms with Crippen molar-refractivity contribution in [3.05, 3.63) is 48.0 Å². The number of carbonyl (C=O) groups is 1. The molecule has 5 heteroatoms. The number of allylic oxidation sites excluding steroid dienone is 2. The Morgan fingerprint density at radius 3 is 2.70 bits per heavy atom. The number of unbranched alkanes of at least 4 members (excludes halogenated alkanes) is 2. The number of fused-ring (bicyclic) bond motifs is 2. The van der Waals surface area contributed by atoms with Crippen LogP contribution < -0.4 is 0 Å². The first-order valence-corrected chi connectivity index (χ1v) is 12.6. The molecule has 2 heterocycles. The average Bonchev–Trinajstić information content (AvgIpc) is 3.35. The Hall–Kier alpha value is -1.30. The van der Waals surface area contributed by atoms with E-state index in [9.17, 15) is 4.79 Å². The molecule has 3 rings (SSSR count). The Kier molecular flexibility index (Phi) is 10.3. The number of ether oxygens (including phenoxy) is 2. The fourth-order valence-corrected chi connectivity index (χ4v) is 5.87. The third kappa shape index (κ3) is 7.75. The topological polar surface area (TPSA) is 55.8 Å². The highest BCUT2D eigenvalue weighted by atomic mass is 32.2. The van der Waals surface area contributed by atoms with Crippen LogP contribution in [0.3, 0.4) is 0 Å². The molecular weight excluding hydrogens is 396 g/mol. The van der Waals surface area contributed by atoms with Gasteiger partial charge in [-0.05, 0) is 73.9 Å². The molecule has 0 amide bonds. The Balaban J connectivity index is 1.25. The third-order valence-corrected chi connectivity index (χ3v) is 7.37. The van der Waals surface area contributed by atoms with E-state index in [0.29, 0.717) is 30.7 Å². The van der Waals surface area contributed by atoms with Crippen molar-refractivity contribution in [2.24, 2.45) is 11.8 Å². The van der Waals surface area contributed by atoms with Crippen molar-refractivity contribution in [3.8, 4) is 0 Å². The number of hydrogen-bond donors (Lipinski definition) is 1. The minimum Gasteiger partial charge on any atom is -0.481 e. The number of hydrogen-bond acceptors (Lipinski definition) is 4. The average molecular weight is 433 g/mol. The second kappa shape index (κ2) is 13.2. The van der Waals surface area contributed by atoms with Crippen molar-refractivity contribution in [2.75, 3.05) is 18.1 Å². The first-order chi connectivity index (χ1) is 14.7. The minimum absolute atomic E-state index is 0.262. The number of carboxylic acid groups (broad SMARTS) is 1. The lowest BCUT2D eigenvalue weighted by Crippen LogP contribution is -2.28. The molecule has 4 atom stereocenters. The normalized spacial score (nSPS) is 25.3. The van der Waals surface area contributed by atoms with Crippen LogP contribution in [0.5, 0.6) is 0 Å². The van der Waals surface area contributed by atoms with Crippen LogP contribution in [0.2, 0.25) is 0 Å². The van der Waals surface area contributed by atoms with Crippen molar-refractivity contribution in [2.45, 2.75) is 70.2 Å². The highest BCUT2D eigenvalue weighted by Gasteiger charge is 2.47. The fraction of sp³-hybridized carbons (Fsp3) is 0.640. The lowest BCUT2D eigenvalue weighted by molar-refractivity contribution is -0.137. The van der Waals surface area contributed by atoms with E-state index in [1.165, 1.54) is 36.3 Å². The number of thioether (sulfide) groups is 1. The zero-order chi connectivity index (χ0) is 21.0. The summed E-state index contributed by atoms with van der Waals surface area (Å²) in [5.74, 6) is 3.00. The molecule has 0 saturated carbocycles. The van der Waals surface area contributed by atoms with Crippen LogP contribution in [-0.4, -0.2) is 41.4 Å². The molecule has 4 nitrogen and oxygen atoms in total. The van der Waals surface area contributed by atoms with Gasteiger partial charge in [-0.2, -0.15) is 11.8 Å². The molecule has 1 aromatic rings. The van der Waals surface area contributed by atoms with Gasteiger partial charge in [-0.25, -0.2) is 0 Å². The van der Waals surface area contributed by atoms with Gasteiger partial charge in [0.1, 0.15) is 0 Å². The minimum atomic E-state index is -0.704. The standard InChI is InChI=1S/C25H36O4S/c26-25(27)13-7-2-1-6-12-21-22(24-15-14-23(21)29-24)19-30-17-9-8-16-28-18-20-10-4-3-5-11-20/h1,3-6,10-11,21-24H,2,7-9,12-19H2,(H,26,27)/t21-,22+,23-,24+/m1/s1. The predicted octanol–water partition coefficient (Wildman–Crippen LogP) is 5.71. The summed E-state index contributed by atoms with van der Waals surface area (Å²) in [5, 5.41) is 8.71. The summed E-state index contributed by atoms with van der Waals surface area (Å²) in [4.78, 5) is 10.6. The van der Waals surface area contributed by atoms with Crippen LogP contribution in [0.15, 0.2) is 42.5 Å². The highest BCUT2D eigenvalue weighted by molar-refractivity contribution is 7.99. The van der Waals surface area contributed by atoms with E-state index in [2.05, 4.69) is 48.2 Å². The molecule has 0 aromatic heterocycles. The molecule has 2 aliphatic heterocycles. The molecule has 1 aromatic carbocycles. The number of rotatable bonds is 15. The third-order valence-electron chi connectivity index (χ3n) is 6.18. The summed E-state index contributed by atoms with van der Waals surface area (Å²) >= 11 is 2.07. The summed E-state index contributed by atoms with van der Waals surface area (Å²) in [6.45, 7) is 1.55. The second-order valence-corrected chi connectivity index (χ2v) is 9.58. The zero-order valence-corrected chi connectivity index (χ0v) is 18.7. The van der Waals surface area contributed by atoms with Crippen LogP contribution >= 0.6 is 11.8 Å². The van der Waals surface area contributed by atoms with Crippen LogP contribution in [-0.2, 0) is 20.9 Å². The molecule has 0 unspecified atom stereocenters. The van der Waals surface area contributed by atoms with E-state index >= 15 is 0 Å². The van der Waals surface area contributed by atoms with Gasteiger partial charge in [0.2, 0.25) is 0 Å². The molecular formula is C25H36O4S. The maximum absolute atomic E-state index is 10.6. The molecule has 0 aliphatic carbocycles. The highest BCUT2D eigenvalue weighted by Crippen LogP contribution is 2.46. The summed E-state index contributed by atoms with van der Waals surface area (Å²) in [5.41, 5.74) is 1.24. The van der Waals surface area contributed by atoms with Gasteiger partial charge < -0.3 is 14.6 Å². The SMILES string of the molecule is O=C(O)CCCC=CC[C@@H]1[C@H](CSCCCCOCc2ccccc2)[C@@H]2CC[C@H]1O2. The van der Waals surface area contributed by atoms with Gasteiger partial charge in [-0.1, -0.05) is 42.5 Å². The quantitative estimate of drug-likeness (QED) is 0.284. The lowest BCUT2D eigenvalue weighted by Gasteiger charge is -2.27.